The molecule has 1 heterocycles. The number of anilines is 1. The molecule has 6 nitrogen and oxygen atoms in total. The van der Waals surface area contributed by atoms with Gasteiger partial charge in [0.15, 0.2) is 0 Å². The fraction of sp³-hybridized carbons (Fsp3) is 0.0909. The van der Waals surface area contributed by atoms with Gasteiger partial charge in [0.05, 0.1) is 22.7 Å². The fourth-order valence-electron chi connectivity index (χ4n) is 1.35. The van der Waals surface area contributed by atoms with E-state index in [1.165, 1.54) is 30.5 Å². The van der Waals surface area contributed by atoms with Crippen molar-refractivity contribution in [2.24, 2.45) is 0 Å². The number of nitriles is 1. The van der Waals surface area contributed by atoms with Gasteiger partial charge in [0.1, 0.15) is 5.82 Å². The van der Waals surface area contributed by atoms with Crippen LogP contribution >= 0.6 is 0 Å². The maximum atomic E-state index is 12.0. The van der Waals surface area contributed by atoms with Crippen LogP contribution in [0.2, 0.25) is 0 Å². The van der Waals surface area contributed by atoms with Crippen molar-refractivity contribution >= 4 is 15.8 Å². The number of nitrogens with one attached hydrogen (secondary N) is 2. The van der Waals surface area contributed by atoms with Crippen LogP contribution in [-0.4, -0.2) is 18.6 Å². The summed E-state index contributed by atoms with van der Waals surface area (Å²) in [6, 6.07) is 7.60. The molecule has 7 heteroatoms. The van der Waals surface area contributed by atoms with Gasteiger partial charge in [0.2, 0.25) is 0 Å². The van der Waals surface area contributed by atoms with Crippen molar-refractivity contribution in [3.8, 4) is 6.07 Å². The molecule has 0 unspecified atom stereocenters. The molecule has 2 N–H and O–H groups in total. The molecule has 92 valence electrons. The van der Waals surface area contributed by atoms with Crippen LogP contribution in [0.5, 0.6) is 0 Å². The van der Waals surface area contributed by atoms with Gasteiger partial charge in [-0.25, -0.2) is 8.42 Å². The standard InChI is InChI=1S/C11H10N4O2S/c1-8-7-13-14-11(8)15-18(16,17)10-4-2-9(6-12)3-5-10/h2-5,7H,1H3,(H2,13,14,15). The highest BCUT2D eigenvalue weighted by atomic mass is 32.2. The largest absolute Gasteiger partial charge is 0.264 e. The van der Waals surface area contributed by atoms with Crippen LogP contribution in [0.15, 0.2) is 35.4 Å². The number of H-pyrrole nitrogens is 1. The van der Waals surface area contributed by atoms with Gasteiger partial charge in [0.25, 0.3) is 10.0 Å². The molecule has 1 aromatic heterocycles. The molecule has 2 aromatic rings. The van der Waals surface area contributed by atoms with E-state index in [9.17, 15) is 8.42 Å². The first kappa shape index (κ1) is 12.1. The summed E-state index contributed by atoms with van der Waals surface area (Å²) in [6.07, 6.45) is 1.52. The Morgan fingerprint density at radius 1 is 1.33 bits per heavy atom. The summed E-state index contributed by atoms with van der Waals surface area (Å²) in [5, 5.41) is 14.9. The average molecular weight is 262 g/mol. The highest BCUT2D eigenvalue weighted by Crippen LogP contribution is 2.17. The summed E-state index contributed by atoms with van der Waals surface area (Å²) in [7, 11) is -3.66. The fourth-order valence-corrected chi connectivity index (χ4v) is 2.44. The SMILES string of the molecule is Cc1cn[nH]c1NS(=O)(=O)c1ccc(C#N)cc1. The van der Waals surface area contributed by atoms with Crippen molar-refractivity contribution in [3.05, 3.63) is 41.6 Å². The summed E-state index contributed by atoms with van der Waals surface area (Å²) < 4.78 is 26.4. The smallest absolute Gasteiger partial charge is 0.263 e. The number of sulfonamides is 1. The molecule has 0 bridgehead atoms. The van der Waals surface area contributed by atoms with E-state index in [2.05, 4.69) is 14.9 Å². The highest BCUT2D eigenvalue weighted by Gasteiger charge is 2.15. The Morgan fingerprint density at radius 3 is 2.50 bits per heavy atom. The Kier molecular flexibility index (Phi) is 3.04. The minimum atomic E-state index is -3.66. The van der Waals surface area contributed by atoms with Crippen molar-refractivity contribution in [1.82, 2.24) is 10.2 Å². The first-order valence-electron chi connectivity index (χ1n) is 5.06. The predicted octanol–water partition coefficient (Wildman–Crippen LogP) is 1.39. The lowest BCUT2D eigenvalue weighted by Gasteiger charge is -2.06. The van der Waals surface area contributed by atoms with Gasteiger partial charge >= 0.3 is 0 Å². The molecule has 0 fully saturated rings. The summed E-state index contributed by atoms with van der Waals surface area (Å²) >= 11 is 0. The van der Waals surface area contributed by atoms with E-state index in [4.69, 9.17) is 5.26 Å². The van der Waals surface area contributed by atoms with Crippen molar-refractivity contribution in [2.45, 2.75) is 11.8 Å². The number of benzene rings is 1. The van der Waals surface area contributed by atoms with Gasteiger partial charge in [-0.2, -0.15) is 10.4 Å². The molecule has 0 atom stereocenters. The Bertz CT molecular complexity index is 695. The minimum absolute atomic E-state index is 0.0931. The van der Waals surface area contributed by atoms with Crippen LogP contribution in [0.25, 0.3) is 0 Å². The van der Waals surface area contributed by atoms with Gasteiger partial charge in [-0.15, -0.1) is 0 Å². The molecule has 0 radical (unpaired) electrons. The Labute approximate surface area is 104 Å². The zero-order valence-electron chi connectivity index (χ0n) is 9.51. The van der Waals surface area contributed by atoms with Crippen LogP contribution < -0.4 is 4.72 Å². The number of aromatic nitrogens is 2. The van der Waals surface area contributed by atoms with Crippen LogP contribution in [0, 0.1) is 18.3 Å². The summed E-state index contributed by atoms with van der Waals surface area (Å²) in [4.78, 5) is 0.0931. The Morgan fingerprint density at radius 2 is 2.00 bits per heavy atom. The lowest BCUT2D eigenvalue weighted by Crippen LogP contribution is -2.13. The normalized spacial score (nSPS) is 10.9. The zero-order valence-corrected chi connectivity index (χ0v) is 10.3. The van der Waals surface area contributed by atoms with E-state index < -0.39 is 10.0 Å². The van der Waals surface area contributed by atoms with Crippen molar-refractivity contribution < 1.29 is 8.42 Å². The summed E-state index contributed by atoms with van der Waals surface area (Å²) in [5.74, 6) is 0.333. The first-order chi connectivity index (χ1) is 8.53. The molecule has 0 saturated carbocycles. The number of nitrogens with zero attached hydrogens (tertiary/aromatic N) is 2. The second-order valence-corrected chi connectivity index (χ2v) is 5.35. The van der Waals surface area contributed by atoms with Crippen molar-refractivity contribution in [2.75, 3.05) is 4.72 Å². The van der Waals surface area contributed by atoms with Crippen LogP contribution in [0.4, 0.5) is 5.82 Å². The quantitative estimate of drug-likeness (QED) is 0.873. The van der Waals surface area contributed by atoms with E-state index in [-0.39, 0.29) is 4.90 Å². The monoisotopic (exact) mass is 262 g/mol. The van der Waals surface area contributed by atoms with E-state index >= 15 is 0 Å². The first-order valence-corrected chi connectivity index (χ1v) is 6.54. The van der Waals surface area contributed by atoms with Gasteiger partial charge in [0, 0.05) is 5.56 Å². The maximum absolute atomic E-state index is 12.0. The van der Waals surface area contributed by atoms with Gasteiger partial charge < -0.3 is 0 Å². The Balaban J connectivity index is 2.31. The van der Waals surface area contributed by atoms with Crippen LogP contribution in [0.3, 0.4) is 0 Å². The van der Waals surface area contributed by atoms with Crippen molar-refractivity contribution in [1.29, 1.82) is 5.26 Å². The maximum Gasteiger partial charge on any atom is 0.263 e. The molecule has 0 amide bonds. The second kappa shape index (κ2) is 4.50. The number of hydrogen-bond donors (Lipinski definition) is 2. The lowest BCUT2D eigenvalue weighted by molar-refractivity contribution is 0.601. The zero-order chi connectivity index (χ0) is 13.2. The van der Waals surface area contributed by atoms with Gasteiger partial charge in [-0.1, -0.05) is 0 Å². The molecule has 0 aliphatic rings. The average Bonchev–Trinajstić information content (AvgIpc) is 2.74. The van der Waals surface area contributed by atoms with Gasteiger partial charge in [-0.05, 0) is 31.2 Å². The number of hydrogen-bond acceptors (Lipinski definition) is 4. The van der Waals surface area contributed by atoms with E-state index in [0.717, 1.165) is 0 Å². The Hall–Kier alpha value is -2.33. The van der Waals surface area contributed by atoms with Gasteiger partial charge in [-0.3, -0.25) is 9.82 Å². The molecule has 0 aliphatic heterocycles. The number of rotatable bonds is 3. The highest BCUT2D eigenvalue weighted by molar-refractivity contribution is 7.92. The molecular weight excluding hydrogens is 252 g/mol. The summed E-state index contributed by atoms with van der Waals surface area (Å²) in [6.45, 7) is 1.74. The van der Waals surface area contributed by atoms with Crippen molar-refractivity contribution in [3.63, 3.8) is 0 Å². The molecule has 0 aliphatic carbocycles. The van der Waals surface area contributed by atoms with E-state index in [1.54, 1.807) is 6.92 Å². The van der Waals surface area contributed by atoms with E-state index in [0.29, 0.717) is 16.9 Å². The third-order valence-corrected chi connectivity index (χ3v) is 3.72. The van der Waals surface area contributed by atoms with E-state index in [1.807, 2.05) is 6.07 Å². The van der Waals surface area contributed by atoms with Crippen LogP contribution in [0.1, 0.15) is 11.1 Å². The third kappa shape index (κ3) is 2.33. The molecular formula is C11H10N4O2S. The van der Waals surface area contributed by atoms with Crippen LogP contribution in [-0.2, 0) is 10.0 Å². The second-order valence-electron chi connectivity index (χ2n) is 3.67. The molecule has 0 spiro atoms. The predicted molar refractivity (Wildman–Crippen MR) is 65.3 cm³/mol. The number of aromatic amines is 1. The molecule has 18 heavy (non-hydrogen) atoms. The number of aryl methyl sites for hydroxylation is 1. The molecule has 2 rings (SSSR count). The topological polar surface area (TPSA) is 98.6 Å². The lowest BCUT2D eigenvalue weighted by atomic mass is 10.2. The third-order valence-electron chi connectivity index (χ3n) is 2.36. The summed E-state index contributed by atoms with van der Waals surface area (Å²) in [5.41, 5.74) is 1.11. The minimum Gasteiger partial charge on any atom is -0.264 e. The molecule has 0 saturated heterocycles. The molecule has 1 aromatic carbocycles.